The number of rotatable bonds is 5. The minimum Gasteiger partial charge on any atom is -0.385 e. The third kappa shape index (κ3) is 3.03. The molecule has 0 aliphatic carbocycles. The molecule has 0 spiro atoms. The molecule has 0 fully saturated rings. The highest BCUT2D eigenvalue weighted by atomic mass is 16.3. The molecule has 1 aromatic heterocycles. The summed E-state index contributed by atoms with van der Waals surface area (Å²) >= 11 is 0. The Bertz CT molecular complexity index is 842. The summed E-state index contributed by atoms with van der Waals surface area (Å²) in [6.45, 7) is 2.03. The third-order valence-corrected chi connectivity index (χ3v) is 4.18. The Hall–Kier alpha value is -2.66. The van der Waals surface area contributed by atoms with Crippen LogP contribution in [-0.4, -0.2) is 27.6 Å². The summed E-state index contributed by atoms with van der Waals surface area (Å²) in [5.74, 6) is 0.474. The second-order valence-corrected chi connectivity index (χ2v) is 5.76. The third-order valence-electron chi connectivity index (χ3n) is 4.18. The zero-order valence-electron chi connectivity index (χ0n) is 13.9. The standard InChI is InChI=1S/C19H21N3O2/c1-3-17(23)19-20-15-11-7-8-12-16(15)22(19)13-18(24)21(2)14-9-5-4-6-10-14/h4-12,17,23H,3,13H2,1-2H3. The highest BCUT2D eigenvalue weighted by Gasteiger charge is 2.20. The molecule has 1 amide bonds. The Morgan fingerprint density at radius 3 is 2.54 bits per heavy atom. The number of para-hydroxylation sites is 3. The molecule has 1 N–H and O–H groups in total. The minimum absolute atomic E-state index is 0.0612. The first-order valence-electron chi connectivity index (χ1n) is 8.06. The van der Waals surface area contributed by atoms with E-state index in [4.69, 9.17) is 0 Å². The lowest BCUT2D eigenvalue weighted by molar-refractivity contribution is -0.118. The Balaban J connectivity index is 1.95. The van der Waals surface area contributed by atoms with Crippen LogP contribution in [0.15, 0.2) is 54.6 Å². The highest BCUT2D eigenvalue weighted by Crippen LogP contribution is 2.23. The van der Waals surface area contributed by atoms with Gasteiger partial charge in [0.2, 0.25) is 5.91 Å². The van der Waals surface area contributed by atoms with Crippen molar-refractivity contribution in [2.45, 2.75) is 26.0 Å². The molecule has 2 aromatic carbocycles. The van der Waals surface area contributed by atoms with Gasteiger partial charge in [0.15, 0.2) is 0 Å². The maximum Gasteiger partial charge on any atom is 0.246 e. The highest BCUT2D eigenvalue weighted by molar-refractivity contribution is 5.93. The van der Waals surface area contributed by atoms with Crippen LogP contribution in [0.5, 0.6) is 0 Å². The van der Waals surface area contributed by atoms with Crippen molar-refractivity contribution in [1.29, 1.82) is 0 Å². The average molecular weight is 323 g/mol. The summed E-state index contributed by atoms with van der Waals surface area (Å²) in [7, 11) is 1.76. The van der Waals surface area contributed by atoms with Crippen molar-refractivity contribution in [3.63, 3.8) is 0 Å². The molecule has 0 radical (unpaired) electrons. The number of aromatic nitrogens is 2. The van der Waals surface area contributed by atoms with E-state index >= 15 is 0 Å². The maximum absolute atomic E-state index is 12.7. The molecule has 0 bridgehead atoms. The number of anilines is 1. The summed E-state index contributed by atoms with van der Waals surface area (Å²) in [6, 6.07) is 17.1. The van der Waals surface area contributed by atoms with Gasteiger partial charge < -0.3 is 14.6 Å². The molecule has 0 aliphatic rings. The van der Waals surface area contributed by atoms with Crippen LogP contribution < -0.4 is 4.90 Å². The molecule has 1 heterocycles. The fourth-order valence-electron chi connectivity index (χ4n) is 2.73. The lowest BCUT2D eigenvalue weighted by Gasteiger charge is -2.19. The lowest BCUT2D eigenvalue weighted by Crippen LogP contribution is -2.30. The molecule has 1 atom stereocenters. The number of nitrogens with zero attached hydrogens (tertiary/aromatic N) is 3. The Kier molecular flexibility index (Phi) is 4.62. The summed E-state index contributed by atoms with van der Waals surface area (Å²) < 4.78 is 1.81. The van der Waals surface area contributed by atoms with Crippen LogP contribution in [0.2, 0.25) is 0 Å². The first-order chi connectivity index (χ1) is 11.6. The van der Waals surface area contributed by atoms with Crippen LogP contribution in [0.3, 0.4) is 0 Å². The largest absolute Gasteiger partial charge is 0.385 e. The topological polar surface area (TPSA) is 58.4 Å². The van der Waals surface area contributed by atoms with Gasteiger partial charge in [0.05, 0.1) is 11.0 Å². The van der Waals surface area contributed by atoms with Crippen LogP contribution >= 0.6 is 0 Å². The molecule has 24 heavy (non-hydrogen) atoms. The predicted molar refractivity (Wildman–Crippen MR) is 94.8 cm³/mol. The van der Waals surface area contributed by atoms with Gasteiger partial charge in [-0.25, -0.2) is 4.98 Å². The first-order valence-corrected chi connectivity index (χ1v) is 8.06. The van der Waals surface area contributed by atoms with Crippen molar-refractivity contribution in [1.82, 2.24) is 9.55 Å². The van der Waals surface area contributed by atoms with Crippen LogP contribution in [0.1, 0.15) is 25.3 Å². The van der Waals surface area contributed by atoms with Gasteiger partial charge in [-0.05, 0) is 30.7 Å². The van der Waals surface area contributed by atoms with E-state index in [1.54, 1.807) is 11.9 Å². The van der Waals surface area contributed by atoms with Gasteiger partial charge in [0, 0.05) is 12.7 Å². The van der Waals surface area contributed by atoms with Crippen LogP contribution in [0, 0.1) is 0 Å². The average Bonchev–Trinajstić information content (AvgIpc) is 2.99. The SMILES string of the molecule is CCC(O)c1nc2ccccc2n1CC(=O)N(C)c1ccccc1. The summed E-state index contributed by atoms with van der Waals surface area (Å²) in [6.07, 6.45) is -0.140. The van der Waals surface area contributed by atoms with Crippen molar-refractivity contribution < 1.29 is 9.90 Å². The van der Waals surface area contributed by atoms with E-state index in [1.165, 1.54) is 0 Å². The zero-order chi connectivity index (χ0) is 17.1. The quantitative estimate of drug-likeness (QED) is 0.785. The molecule has 0 saturated carbocycles. The maximum atomic E-state index is 12.7. The number of likely N-dealkylation sites (N-methyl/N-ethyl adjacent to an activating group) is 1. The first kappa shape index (κ1) is 16.2. The molecule has 3 aromatic rings. The van der Waals surface area contributed by atoms with Gasteiger partial charge in [0.1, 0.15) is 18.5 Å². The molecular formula is C19H21N3O2. The number of aliphatic hydroxyl groups is 1. The van der Waals surface area contributed by atoms with Gasteiger partial charge >= 0.3 is 0 Å². The molecule has 5 heteroatoms. The van der Waals surface area contributed by atoms with Crippen molar-refractivity contribution in [2.24, 2.45) is 0 Å². The van der Waals surface area contributed by atoms with Crippen molar-refractivity contribution >= 4 is 22.6 Å². The number of benzene rings is 2. The second kappa shape index (κ2) is 6.84. The van der Waals surface area contributed by atoms with E-state index in [2.05, 4.69) is 4.98 Å². The summed E-state index contributed by atoms with van der Waals surface area (Å²) in [5, 5.41) is 10.3. The molecule has 124 valence electrons. The number of imidazole rings is 1. The normalized spacial score (nSPS) is 12.3. The lowest BCUT2D eigenvalue weighted by atomic mass is 10.2. The monoisotopic (exact) mass is 323 g/mol. The van der Waals surface area contributed by atoms with E-state index in [-0.39, 0.29) is 12.5 Å². The second-order valence-electron chi connectivity index (χ2n) is 5.76. The number of amides is 1. The molecule has 0 aliphatic heterocycles. The number of hydrogen-bond acceptors (Lipinski definition) is 3. The number of carbonyl (C=O) groups is 1. The Morgan fingerprint density at radius 1 is 1.17 bits per heavy atom. The van der Waals surface area contributed by atoms with Crippen molar-refractivity contribution in [3.8, 4) is 0 Å². The fourth-order valence-corrected chi connectivity index (χ4v) is 2.73. The van der Waals surface area contributed by atoms with E-state index < -0.39 is 6.10 Å². The van der Waals surface area contributed by atoms with Gasteiger partial charge in [-0.1, -0.05) is 37.3 Å². The summed E-state index contributed by atoms with van der Waals surface area (Å²) in [4.78, 5) is 18.8. The van der Waals surface area contributed by atoms with E-state index in [0.29, 0.717) is 12.2 Å². The van der Waals surface area contributed by atoms with Gasteiger partial charge in [-0.15, -0.1) is 0 Å². The number of aliphatic hydroxyl groups excluding tert-OH is 1. The molecular weight excluding hydrogens is 302 g/mol. The zero-order valence-corrected chi connectivity index (χ0v) is 13.9. The minimum atomic E-state index is -0.688. The smallest absolute Gasteiger partial charge is 0.246 e. The molecule has 0 saturated heterocycles. The number of hydrogen-bond donors (Lipinski definition) is 1. The van der Waals surface area contributed by atoms with Crippen LogP contribution in [0.25, 0.3) is 11.0 Å². The van der Waals surface area contributed by atoms with Crippen molar-refractivity contribution in [2.75, 3.05) is 11.9 Å². The number of fused-ring (bicyclic) bond motifs is 1. The molecule has 1 unspecified atom stereocenters. The van der Waals surface area contributed by atoms with E-state index in [0.717, 1.165) is 16.7 Å². The van der Waals surface area contributed by atoms with Crippen LogP contribution in [0.4, 0.5) is 5.69 Å². The molecule has 5 nitrogen and oxygen atoms in total. The van der Waals surface area contributed by atoms with Gasteiger partial charge in [-0.3, -0.25) is 4.79 Å². The summed E-state index contributed by atoms with van der Waals surface area (Å²) in [5.41, 5.74) is 2.48. The van der Waals surface area contributed by atoms with E-state index in [1.807, 2.05) is 66.1 Å². The number of carbonyl (C=O) groups excluding carboxylic acids is 1. The predicted octanol–water partition coefficient (Wildman–Crippen LogP) is 3.14. The fraction of sp³-hybridized carbons (Fsp3) is 0.263. The Morgan fingerprint density at radius 2 is 1.83 bits per heavy atom. The van der Waals surface area contributed by atoms with Crippen molar-refractivity contribution in [3.05, 3.63) is 60.4 Å². The van der Waals surface area contributed by atoms with Gasteiger partial charge in [-0.2, -0.15) is 0 Å². The molecule has 3 rings (SSSR count). The van der Waals surface area contributed by atoms with Crippen LogP contribution in [-0.2, 0) is 11.3 Å². The Labute approximate surface area is 141 Å². The van der Waals surface area contributed by atoms with E-state index in [9.17, 15) is 9.90 Å². The van der Waals surface area contributed by atoms with Gasteiger partial charge in [0.25, 0.3) is 0 Å².